The Bertz CT molecular complexity index is 565. The largest absolute Gasteiger partial charge is 0.397 e. The fourth-order valence-electron chi connectivity index (χ4n) is 1.57. The van der Waals surface area contributed by atoms with Gasteiger partial charge in [0.25, 0.3) is 0 Å². The third kappa shape index (κ3) is 2.37. The van der Waals surface area contributed by atoms with Gasteiger partial charge in [-0.1, -0.05) is 12.1 Å². The van der Waals surface area contributed by atoms with Crippen LogP contribution in [0, 0.1) is 18.3 Å². The van der Waals surface area contributed by atoms with Gasteiger partial charge in [-0.25, -0.2) is 0 Å². The summed E-state index contributed by atoms with van der Waals surface area (Å²) in [7, 11) is 0. The normalized spacial score (nSPS) is 9.65. The van der Waals surface area contributed by atoms with Gasteiger partial charge in [-0.05, 0) is 42.8 Å². The molecule has 0 aliphatic heterocycles. The molecule has 0 fully saturated rings. The van der Waals surface area contributed by atoms with E-state index in [-0.39, 0.29) is 0 Å². The van der Waals surface area contributed by atoms with Crippen molar-refractivity contribution in [3.05, 3.63) is 53.6 Å². The van der Waals surface area contributed by atoms with Gasteiger partial charge in [0.05, 0.1) is 23.0 Å². The highest BCUT2D eigenvalue weighted by Gasteiger charge is 2.01. The van der Waals surface area contributed by atoms with E-state index in [0.29, 0.717) is 5.56 Å². The number of nitrogens with two attached hydrogens (primary N) is 1. The predicted octanol–water partition coefficient (Wildman–Crippen LogP) is 3.19. The summed E-state index contributed by atoms with van der Waals surface area (Å²) in [4.78, 5) is 0. The van der Waals surface area contributed by atoms with Gasteiger partial charge in [-0.3, -0.25) is 0 Å². The maximum Gasteiger partial charge on any atom is 0.0991 e. The van der Waals surface area contributed by atoms with Crippen molar-refractivity contribution in [3.63, 3.8) is 0 Å². The van der Waals surface area contributed by atoms with Crippen molar-refractivity contribution < 1.29 is 0 Å². The fourth-order valence-corrected chi connectivity index (χ4v) is 1.57. The molecule has 0 unspecified atom stereocenters. The van der Waals surface area contributed by atoms with E-state index in [0.717, 1.165) is 22.6 Å². The van der Waals surface area contributed by atoms with Crippen LogP contribution in [0.1, 0.15) is 11.1 Å². The summed E-state index contributed by atoms with van der Waals surface area (Å²) in [6.07, 6.45) is 0. The summed E-state index contributed by atoms with van der Waals surface area (Å²) in [5.74, 6) is 0. The van der Waals surface area contributed by atoms with E-state index in [1.54, 1.807) is 12.1 Å². The number of nitrogens with one attached hydrogen (secondary N) is 1. The monoisotopic (exact) mass is 223 g/mol. The van der Waals surface area contributed by atoms with E-state index in [9.17, 15) is 0 Å². The van der Waals surface area contributed by atoms with Gasteiger partial charge in [0, 0.05) is 5.69 Å². The third-order valence-corrected chi connectivity index (χ3v) is 2.62. The number of aryl methyl sites for hydroxylation is 1. The van der Waals surface area contributed by atoms with Crippen LogP contribution < -0.4 is 11.1 Å². The zero-order chi connectivity index (χ0) is 12.3. The Balaban J connectivity index is 2.26. The number of rotatable bonds is 2. The first kappa shape index (κ1) is 11.0. The van der Waals surface area contributed by atoms with Crippen LogP contribution in [0.3, 0.4) is 0 Å². The summed E-state index contributed by atoms with van der Waals surface area (Å²) in [6, 6.07) is 15.2. The van der Waals surface area contributed by atoms with E-state index < -0.39 is 0 Å². The van der Waals surface area contributed by atoms with E-state index in [1.807, 2.05) is 37.3 Å². The molecule has 3 heteroatoms. The van der Waals surface area contributed by atoms with E-state index in [4.69, 9.17) is 11.0 Å². The zero-order valence-corrected chi connectivity index (χ0v) is 9.57. The number of nitrogens with zero attached hydrogens (tertiary/aromatic N) is 1. The lowest BCUT2D eigenvalue weighted by atomic mass is 10.1. The minimum atomic E-state index is 0.646. The van der Waals surface area contributed by atoms with Crippen LogP contribution in [-0.2, 0) is 0 Å². The first-order valence-electron chi connectivity index (χ1n) is 5.33. The van der Waals surface area contributed by atoms with Gasteiger partial charge in [0.15, 0.2) is 0 Å². The van der Waals surface area contributed by atoms with Gasteiger partial charge in [-0.15, -0.1) is 0 Å². The van der Waals surface area contributed by atoms with Crippen LogP contribution in [0.25, 0.3) is 0 Å². The fraction of sp³-hybridized carbons (Fsp3) is 0.0714. The van der Waals surface area contributed by atoms with Gasteiger partial charge in [0.2, 0.25) is 0 Å². The lowest BCUT2D eigenvalue weighted by Crippen LogP contribution is -1.98. The summed E-state index contributed by atoms with van der Waals surface area (Å²) in [5.41, 5.74) is 10.2. The Morgan fingerprint density at radius 1 is 1.12 bits per heavy atom. The molecule has 0 aliphatic carbocycles. The lowest BCUT2D eigenvalue weighted by Gasteiger charge is -2.10. The topological polar surface area (TPSA) is 61.8 Å². The molecule has 0 aliphatic rings. The number of benzene rings is 2. The van der Waals surface area contributed by atoms with E-state index in [2.05, 4.69) is 11.4 Å². The molecule has 3 nitrogen and oxygen atoms in total. The second-order valence-electron chi connectivity index (χ2n) is 3.85. The Labute approximate surface area is 101 Å². The lowest BCUT2D eigenvalue weighted by molar-refractivity contribution is 1.44. The smallest absolute Gasteiger partial charge is 0.0991 e. The molecule has 0 radical (unpaired) electrons. The molecular formula is C14H13N3. The van der Waals surface area contributed by atoms with Crippen LogP contribution in [-0.4, -0.2) is 0 Å². The predicted molar refractivity (Wildman–Crippen MR) is 70.0 cm³/mol. The maximum absolute atomic E-state index is 8.71. The molecule has 0 atom stereocenters. The third-order valence-electron chi connectivity index (χ3n) is 2.62. The number of anilines is 3. The Kier molecular flexibility index (Phi) is 2.97. The van der Waals surface area contributed by atoms with Crippen LogP contribution in [0.15, 0.2) is 42.5 Å². The van der Waals surface area contributed by atoms with Crippen LogP contribution in [0.4, 0.5) is 17.1 Å². The quantitative estimate of drug-likeness (QED) is 0.768. The molecule has 0 bridgehead atoms. The van der Waals surface area contributed by atoms with Crippen molar-refractivity contribution in [2.24, 2.45) is 0 Å². The molecule has 0 aromatic heterocycles. The SMILES string of the molecule is Cc1cccc(Nc2ccc(C#N)cc2)c1N. The average molecular weight is 223 g/mol. The highest BCUT2D eigenvalue weighted by Crippen LogP contribution is 2.25. The average Bonchev–Trinajstić information content (AvgIpc) is 2.36. The van der Waals surface area contributed by atoms with Crippen molar-refractivity contribution in [1.82, 2.24) is 0 Å². The highest BCUT2D eigenvalue weighted by atomic mass is 14.9. The van der Waals surface area contributed by atoms with Crippen molar-refractivity contribution in [1.29, 1.82) is 5.26 Å². The molecule has 84 valence electrons. The van der Waals surface area contributed by atoms with Crippen LogP contribution >= 0.6 is 0 Å². The highest BCUT2D eigenvalue weighted by molar-refractivity contribution is 5.75. The van der Waals surface area contributed by atoms with E-state index >= 15 is 0 Å². The number of hydrogen-bond acceptors (Lipinski definition) is 3. The molecule has 0 amide bonds. The second-order valence-corrected chi connectivity index (χ2v) is 3.85. The number of hydrogen-bond donors (Lipinski definition) is 2. The van der Waals surface area contributed by atoms with Crippen LogP contribution in [0.2, 0.25) is 0 Å². The standard InChI is InChI=1S/C14H13N3/c1-10-3-2-4-13(14(10)16)17-12-7-5-11(9-15)6-8-12/h2-8,17H,16H2,1H3. The Morgan fingerprint density at radius 3 is 2.47 bits per heavy atom. The molecule has 3 N–H and O–H groups in total. The minimum absolute atomic E-state index is 0.646. The molecule has 0 heterocycles. The maximum atomic E-state index is 8.71. The molecule has 0 saturated heterocycles. The number of nitrogen functional groups attached to an aromatic ring is 1. The molecule has 0 saturated carbocycles. The van der Waals surface area contributed by atoms with Gasteiger partial charge in [0.1, 0.15) is 0 Å². The number of para-hydroxylation sites is 1. The van der Waals surface area contributed by atoms with Crippen molar-refractivity contribution in [2.75, 3.05) is 11.1 Å². The Morgan fingerprint density at radius 2 is 1.82 bits per heavy atom. The van der Waals surface area contributed by atoms with E-state index in [1.165, 1.54) is 0 Å². The van der Waals surface area contributed by atoms with Crippen molar-refractivity contribution >= 4 is 17.1 Å². The van der Waals surface area contributed by atoms with Gasteiger partial charge < -0.3 is 11.1 Å². The Hall–Kier alpha value is -2.47. The molecule has 2 rings (SSSR count). The second kappa shape index (κ2) is 4.58. The molecule has 0 spiro atoms. The molecule has 17 heavy (non-hydrogen) atoms. The zero-order valence-electron chi connectivity index (χ0n) is 9.57. The van der Waals surface area contributed by atoms with Crippen molar-refractivity contribution in [3.8, 4) is 6.07 Å². The van der Waals surface area contributed by atoms with Gasteiger partial charge >= 0.3 is 0 Å². The minimum Gasteiger partial charge on any atom is -0.397 e. The number of nitriles is 1. The molecular weight excluding hydrogens is 210 g/mol. The summed E-state index contributed by atoms with van der Waals surface area (Å²) >= 11 is 0. The van der Waals surface area contributed by atoms with Gasteiger partial charge in [-0.2, -0.15) is 5.26 Å². The first-order valence-corrected chi connectivity index (χ1v) is 5.33. The molecule has 2 aromatic carbocycles. The summed E-state index contributed by atoms with van der Waals surface area (Å²) in [5, 5.41) is 11.9. The first-order chi connectivity index (χ1) is 8.20. The van der Waals surface area contributed by atoms with Crippen molar-refractivity contribution in [2.45, 2.75) is 6.92 Å². The summed E-state index contributed by atoms with van der Waals surface area (Å²) < 4.78 is 0. The summed E-state index contributed by atoms with van der Waals surface area (Å²) in [6.45, 7) is 1.97. The molecule has 2 aromatic rings. The van der Waals surface area contributed by atoms with Crippen LogP contribution in [0.5, 0.6) is 0 Å².